The Morgan fingerprint density at radius 3 is 2.84 bits per heavy atom. The number of aromatic nitrogens is 4. The summed E-state index contributed by atoms with van der Waals surface area (Å²) >= 11 is 0. The second kappa shape index (κ2) is 9.00. The van der Waals surface area contributed by atoms with Gasteiger partial charge in [-0.05, 0) is 61.6 Å². The van der Waals surface area contributed by atoms with Gasteiger partial charge in [0, 0.05) is 25.4 Å². The van der Waals surface area contributed by atoms with Gasteiger partial charge in [-0.1, -0.05) is 31.6 Å². The molecule has 0 saturated carbocycles. The van der Waals surface area contributed by atoms with Crippen LogP contribution in [0.25, 0.3) is 11.0 Å². The van der Waals surface area contributed by atoms with Crippen LogP contribution in [0.2, 0.25) is 0 Å². The third-order valence-corrected chi connectivity index (χ3v) is 6.50. The predicted molar refractivity (Wildman–Crippen MR) is 123 cm³/mol. The van der Waals surface area contributed by atoms with E-state index in [1.54, 1.807) is 12.4 Å². The van der Waals surface area contributed by atoms with E-state index in [-0.39, 0.29) is 5.91 Å². The van der Waals surface area contributed by atoms with Gasteiger partial charge in [-0.3, -0.25) is 9.78 Å². The van der Waals surface area contributed by atoms with Crippen molar-refractivity contribution in [3.05, 3.63) is 65.5 Å². The lowest BCUT2D eigenvalue weighted by Crippen LogP contribution is -2.37. The van der Waals surface area contributed by atoms with E-state index in [1.807, 2.05) is 0 Å². The Balaban J connectivity index is 1.47. The Morgan fingerprint density at radius 1 is 1.26 bits per heavy atom. The first-order valence-corrected chi connectivity index (χ1v) is 11.1. The fraction of sp³-hybridized carbons (Fsp3) is 0.440. The van der Waals surface area contributed by atoms with Crippen molar-refractivity contribution in [1.82, 2.24) is 25.3 Å². The number of carbonyl (C=O) groups is 1. The zero-order valence-corrected chi connectivity index (χ0v) is 18.7. The second-order valence-electron chi connectivity index (χ2n) is 9.12. The smallest absolute Gasteiger partial charge is 0.271 e. The first-order valence-electron chi connectivity index (χ1n) is 11.1. The number of nitrogens with one attached hydrogen (secondary N) is 2. The minimum Gasteiger partial charge on any atom is -0.350 e. The van der Waals surface area contributed by atoms with Crippen LogP contribution in [0.1, 0.15) is 49.1 Å². The molecule has 1 aromatic carbocycles. The minimum absolute atomic E-state index is 0.165. The molecule has 1 aliphatic rings. The van der Waals surface area contributed by atoms with E-state index in [0.29, 0.717) is 35.9 Å². The van der Waals surface area contributed by atoms with Crippen molar-refractivity contribution in [1.29, 1.82) is 0 Å². The summed E-state index contributed by atoms with van der Waals surface area (Å²) in [6, 6.07) is 6.34. The number of carbonyl (C=O) groups excluding carboxylic acids is 1. The van der Waals surface area contributed by atoms with Crippen LogP contribution in [0.3, 0.4) is 0 Å². The van der Waals surface area contributed by atoms with Crippen LogP contribution in [0.5, 0.6) is 0 Å². The van der Waals surface area contributed by atoms with Gasteiger partial charge in [-0.2, -0.15) is 0 Å². The molecule has 1 amide bonds. The highest BCUT2D eigenvalue weighted by Gasteiger charge is 2.32. The lowest BCUT2D eigenvalue weighted by Gasteiger charge is -2.37. The van der Waals surface area contributed by atoms with Gasteiger partial charge in [0.15, 0.2) is 0 Å². The van der Waals surface area contributed by atoms with Crippen molar-refractivity contribution in [3.63, 3.8) is 0 Å². The van der Waals surface area contributed by atoms with Crippen LogP contribution < -0.4 is 5.32 Å². The van der Waals surface area contributed by atoms with Crippen LogP contribution in [-0.2, 0) is 6.42 Å². The fourth-order valence-corrected chi connectivity index (χ4v) is 4.73. The highest BCUT2D eigenvalue weighted by molar-refractivity contribution is 5.91. The standard InChI is InChI=1S/C25H31N5O/c1-15(2)20-11-18(12-24-29-21-6-5-16(3)9-22(21)30-24)17(4)10-19(20)13-28-25(31)23-14-26-7-8-27-23/h5-10,14-15,18-20H,11-13H2,1-4H3,(H,28,31)(H,29,30). The van der Waals surface area contributed by atoms with Gasteiger partial charge in [0.25, 0.3) is 5.91 Å². The number of allylic oxidation sites excluding steroid dienone is 1. The number of hydrogen-bond acceptors (Lipinski definition) is 4. The van der Waals surface area contributed by atoms with E-state index in [0.717, 1.165) is 29.7 Å². The number of hydrogen-bond donors (Lipinski definition) is 2. The van der Waals surface area contributed by atoms with E-state index in [9.17, 15) is 4.79 Å². The molecule has 3 unspecified atom stereocenters. The minimum atomic E-state index is -0.165. The van der Waals surface area contributed by atoms with Crippen molar-refractivity contribution in [2.24, 2.45) is 23.7 Å². The largest absolute Gasteiger partial charge is 0.350 e. The van der Waals surface area contributed by atoms with Gasteiger partial charge in [-0.25, -0.2) is 9.97 Å². The second-order valence-corrected chi connectivity index (χ2v) is 9.12. The zero-order chi connectivity index (χ0) is 22.0. The summed E-state index contributed by atoms with van der Waals surface area (Å²) in [5, 5.41) is 3.06. The number of benzene rings is 1. The van der Waals surface area contributed by atoms with Crippen molar-refractivity contribution in [2.45, 2.75) is 40.5 Å². The molecule has 2 N–H and O–H groups in total. The van der Waals surface area contributed by atoms with Gasteiger partial charge in [0.05, 0.1) is 17.2 Å². The third-order valence-electron chi connectivity index (χ3n) is 6.50. The molecule has 0 bridgehead atoms. The zero-order valence-electron chi connectivity index (χ0n) is 18.7. The molecule has 6 nitrogen and oxygen atoms in total. The summed E-state index contributed by atoms with van der Waals surface area (Å²) in [4.78, 5) is 28.8. The van der Waals surface area contributed by atoms with Crippen molar-refractivity contribution in [3.8, 4) is 0 Å². The topological polar surface area (TPSA) is 83.6 Å². The number of H-pyrrole nitrogens is 1. The average Bonchev–Trinajstić information content (AvgIpc) is 3.15. The molecule has 162 valence electrons. The number of fused-ring (bicyclic) bond motifs is 1. The average molecular weight is 418 g/mol. The van der Waals surface area contributed by atoms with E-state index in [1.165, 1.54) is 17.3 Å². The highest BCUT2D eigenvalue weighted by atomic mass is 16.1. The lowest BCUT2D eigenvalue weighted by molar-refractivity contribution is 0.0933. The first-order chi connectivity index (χ1) is 14.9. The summed E-state index contributed by atoms with van der Waals surface area (Å²) in [6.45, 7) is 9.48. The van der Waals surface area contributed by atoms with Crippen LogP contribution in [-0.4, -0.2) is 32.4 Å². The molecule has 0 fully saturated rings. The number of nitrogens with zero attached hydrogens (tertiary/aromatic N) is 3. The van der Waals surface area contributed by atoms with Crippen LogP contribution in [0, 0.1) is 30.6 Å². The van der Waals surface area contributed by atoms with E-state index < -0.39 is 0 Å². The molecule has 0 saturated heterocycles. The molecule has 0 radical (unpaired) electrons. The van der Waals surface area contributed by atoms with Gasteiger partial charge in [-0.15, -0.1) is 0 Å². The third kappa shape index (κ3) is 4.84. The molecule has 0 aliphatic heterocycles. The Bertz CT molecular complexity index is 1090. The lowest BCUT2D eigenvalue weighted by atomic mass is 9.70. The summed E-state index contributed by atoms with van der Waals surface area (Å²) in [5.41, 5.74) is 5.12. The molecule has 0 spiro atoms. The van der Waals surface area contributed by atoms with Gasteiger partial charge >= 0.3 is 0 Å². The normalized spacial score (nSPS) is 21.3. The SMILES string of the molecule is CC1=CC(CNC(=O)c2cnccn2)C(C(C)C)CC1Cc1nc2ccc(C)cc2[nH]1. The van der Waals surface area contributed by atoms with Crippen molar-refractivity contribution < 1.29 is 4.79 Å². The van der Waals surface area contributed by atoms with Gasteiger partial charge in [0.1, 0.15) is 11.5 Å². The molecule has 31 heavy (non-hydrogen) atoms. The van der Waals surface area contributed by atoms with Crippen LogP contribution in [0.4, 0.5) is 0 Å². The van der Waals surface area contributed by atoms with E-state index in [2.05, 4.69) is 72.2 Å². The molecule has 3 aromatic rings. The summed E-state index contributed by atoms with van der Waals surface area (Å²) < 4.78 is 0. The van der Waals surface area contributed by atoms with Crippen molar-refractivity contribution in [2.75, 3.05) is 6.54 Å². The number of amides is 1. The maximum atomic E-state index is 12.4. The molecular formula is C25H31N5O. The summed E-state index contributed by atoms with van der Waals surface area (Å²) in [5.74, 6) is 2.69. The maximum Gasteiger partial charge on any atom is 0.271 e. The molecule has 2 heterocycles. The van der Waals surface area contributed by atoms with Crippen LogP contribution >= 0.6 is 0 Å². The molecule has 6 heteroatoms. The highest BCUT2D eigenvalue weighted by Crippen LogP contribution is 2.38. The van der Waals surface area contributed by atoms with Crippen molar-refractivity contribution >= 4 is 16.9 Å². The molecule has 1 aliphatic carbocycles. The van der Waals surface area contributed by atoms with Crippen LogP contribution in [0.15, 0.2) is 48.4 Å². The Kier molecular flexibility index (Phi) is 6.16. The number of imidazole rings is 1. The predicted octanol–water partition coefficient (Wildman–Crippen LogP) is 4.49. The quantitative estimate of drug-likeness (QED) is 0.579. The number of aryl methyl sites for hydroxylation is 1. The first kappa shape index (κ1) is 21.2. The van der Waals surface area contributed by atoms with Gasteiger partial charge < -0.3 is 10.3 Å². The molecular weight excluding hydrogens is 386 g/mol. The van der Waals surface area contributed by atoms with E-state index in [4.69, 9.17) is 4.98 Å². The van der Waals surface area contributed by atoms with E-state index >= 15 is 0 Å². The molecule has 4 rings (SSSR count). The Hall–Kier alpha value is -3.02. The number of aromatic amines is 1. The summed E-state index contributed by atoms with van der Waals surface area (Å²) in [6.07, 6.45) is 8.99. The van der Waals surface area contributed by atoms with Gasteiger partial charge in [0.2, 0.25) is 0 Å². The fourth-order valence-electron chi connectivity index (χ4n) is 4.73. The monoisotopic (exact) mass is 417 g/mol. The Labute approximate surface area is 183 Å². The summed E-state index contributed by atoms with van der Waals surface area (Å²) in [7, 11) is 0. The number of rotatable bonds is 6. The maximum absolute atomic E-state index is 12.4. The Morgan fingerprint density at radius 2 is 2.10 bits per heavy atom. The molecule has 3 atom stereocenters. The molecule has 2 aromatic heterocycles.